The van der Waals surface area contributed by atoms with Gasteiger partial charge in [-0.15, -0.1) is 11.8 Å². The number of primary amides is 1. The maximum atomic E-state index is 12.2. The summed E-state index contributed by atoms with van der Waals surface area (Å²) in [6.07, 6.45) is 2.52. The molecule has 26 heavy (non-hydrogen) atoms. The van der Waals surface area contributed by atoms with Gasteiger partial charge in [0.1, 0.15) is 5.76 Å². The van der Waals surface area contributed by atoms with Gasteiger partial charge in [0.2, 0.25) is 11.8 Å². The number of nitrogens with two attached hydrogens (primary N) is 1. The van der Waals surface area contributed by atoms with E-state index in [4.69, 9.17) is 10.3 Å². The predicted molar refractivity (Wildman–Crippen MR) is 104 cm³/mol. The Kier molecular flexibility index (Phi) is 6.42. The summed E-state index contributed by atoms with van der Waals surface area (Å²) in [5, 5.41) is 4.13. The molecule has 1 fully saturated rings. The number of hydrogen-bond donors (Lipinski definition) is 1. The lowest BCUT2D eigenvalue weighted by atomic mass is 9.92. The molecule has 1 aromatic rings. The molecular formula is C19H31N3O3S. The van der Waals surface area contributed by atoms with E-state index in [9.17, 15) is 9.59 Å². The molecule has 0 saturated carbocycles. The summed E-state index contributed by atoms with van der Waals surface area (Å²) in [5.41, 5.74) is 6.34. The fourth-order valence-electron chi connectivity index (χ4n) is 3.09. The fraction of sp³-hybridized carbons (Fsp3) is 0.737. The molecule has 1 aliphatic heterocycles. The molecule has 2 rings (SSSR count). The van der Waals surface area contributed by atoms with Crippen molar-refractivity contribution < 1.29 is 14.1 Å². The van der Waals surface area contributed by atoms with Crippen LogP contribution < -0.4 is 5.73 Å². The Hall–Kier alpha value is -1.50. The van der Waals surface area contributed by atoms with E-state index in [2.05, 4.69) is 25.9 Å². The molecule has 0 aliphatic carbocycles. The normalized spacial score (nSPS) is 20.7. The molecular weight excluding hydrogens is 350 g/mol. The van der Waals surface area contributed by atoms with Gasteiger partial charge in [0, 0.05) is 37.9 Å². The van der Waals surface area contributed by atoms with Crippen LogP contribution in [0.1, 0.15) is 58.9 Å². The van der Waals surface area contributed by atoms with Crippen LogP contribution in [0.5, 0.6) is 0 Å². The molecule has 2 unspecified atom stereocenters. The van der Waals surface area contributed by atoms with E-state index in [1.807, 2.05) is 17.9 Å². The third-order valence-electron chi connectivity index (χ3n) is 4.94. The number of piperidine rings is 1. The Bertz CT molecular complexity index is 653. The number of thioether (sulfide) groups is 1. The Morgan fingerprint density at radius 3 is 2.62 bits per heavy atom. The third-order valence-corrected chi connectivity index (χ3v) is 6.56. The van der Waals surface area contributed by atoms with Gasteiger partial charge in [-0.25, -0.2) is 0 Å². The van der Waals surface area contributed by atoms with Crippen molar-refractivity contribution in [1.29, 1.82) is 0 Å². The number of hydrogen-bond acceptors (Lipinski definition) is 5. The number of rotatable bonds is 6. The third kappa shape index (κ3) is 5.25. The molecule has 0 bridgehead atoms. The van der Waals surface area contributed by atoms with E-state index in [0.717, 1.165) is 43.1 Å². The summed E-state index contributed by atoms with van der Waals surface area (Å²) >= 11 is 1.57. The van der Waals surface area contributed by atoms with Crippen molar-refractivity contribution in [2.75, 3.05) is 18.8 Å². The van der Waals surface area contributed by atoms with Gasteiger partial charge in [-0.2, -0.15) is 0 Å². The predicted octanol–water partition coefficient (Wildman–Crippen LogP) is 2.75. The van der Waals surface area contributed by atoms with Crippen molar-refractivity contribution in [2.24, 2.45) is 11.7 Å². The van der Waals surface area contributed by atoms with Crippen LogP contribution >= 0.6 is 11.8 Å². The summed E-state index contributed by atoms with van der Waals surface area (Å²) < 4.78 is 4.69. The number of nitrogens with zero attached hydrogens (tertiary/aromatic N) is 2. The summed E-state index contributed by atoms with van der Waals surface area (Å²) in [4.78, 5) is 25.7. The minimum atomic E-state index is -0.746. The minimum Gasteiger partial charge on any atom is -0.368 e. The quantitative estimate of drug-likeness (QED) is 0.818. The number of carbonyl (C=O) groups excluding carboxylic acids is 2. The molecule has 0 aromatic carbocycles. The van der Waals surface area contributed by atoms with Gasteiger partial charge in [0.05, 0.1) is 10.4 Å². The van der Waals surface area contributed by atoms with Crippen molar-refractivity contribution in [3.05, 3.63) is 17.5 Å². The van der Waals surface area contributed by atoms with Crippen molar-refractivity contribution in [1.82, 2.24) is 10.1 Å². The summed E-state index contributed by atoms with van der Waals surface area (Å²) in [6, 6.07) is 1.92. The van der Waals surface area contributed by atoms with E-state index in [1.165, 1.54) is 0 Å². The number of carbonyl (C=O) groups is 2. The molecule has 2 atom stereocenters. The summed E-state index contributed by atoms with van der Waals surface area (Å²) in [5.74, 6) is 1.76. The molecule has 2 amide bonds. The SMILES string of the molecule is CC(=O)N1CCCC(CSC(C)(Cc2cc(C(C)(C)C)on2)C(N)=O)C1. The van der Waals surface area contributed by atoms with Gasteiger partial charge in [0.15, 0.2) is 0 Å². The lowest BCUT2D eigenvalue weighted by Gasteiger charge is -2.34. The van der Waals surface area contributed by atoms with Gasteiger partial charge in [0.25, 0.3) is 0 Å². The highest BCUT2D eigenvalue weighted by Crippen LogP contribution is 2.33. The van der Waals surface area contributed by atoms with E-state index >= 15 is 0 Å². The Morgan fingerprint density at radius 2 is 2.08 bits per heavy atom. The summed E-state index contributed by atoms with van der Waals surface area (Å²) in [6.45, 7) is 11.3. The monoisotopic (exact) mass is 381 g/mol. The van der Waals surface area contributed by atoms with Crippen molar-refractivity contribution in [2.45, 2.75) is 64.0 Å². The van der Waals surface area contributed by atoms with E-state index < -0.39 is 4.75 Å². The Labute approximate surface area is 160 Å². The highest BCUT2D eigenvalue weighted by molar-refractivity contribution is 8.01. The van der Waals surface area contributed by atoms with Crippen molar-refractivity contribution in [3.8, 4) is 0 Å². The molecule has 2 heterocycles. The largest absolute Gasteiger partial charge is 0.368 e. The van der Waals surface area contributed by atoms with Crippen LogP contribution in [-0.2, 0) is 21.4 Å². The molecule has 1 aliphatic rings. The van der Waals surface area contributed by atoms with Crippen molar-refractivity contribution >= 4 is 23.6 Å². The zero-order chi connectivity index (χ0) is 19.5. The lowest BCUT2D eigenvalue weighted by molar-refractivity contribution is -0.130. The second-order valence-corrected chi connectivity index (χ2v) is 10.0. The van der Waals surface area contributed by atoms with Crippen LogP contribution in [0.25, 0.3) is 0 Å². The standard InChI is InChI=1S/C19H31N3O3S/c1-13(23)22-8-6-7-14(11-22)12-26-19(5,17(20)24)10-15-9-16(25-21-15)18(2,3)4/h9,14H,6-8,10-12H2,1-5H3,(H2,20,24). The highest BCUT2D eigenvalue weighted by atomic mass is 32.2. The van der Waals surface area contributed by atoms with Crippen LogP contribution in [0.2, 0.25) is 0 Å². The summed E-state index contributed by atoms with van der Waals surface area (Å²) in [7, 11) is 0. The maximum Gasteiger partial charge on any atom is 0.233 e. The minimum absolute atomic E-state index is 0.120. The number of amides is 2. The molecule has 1 saturated heterocycles. The first-order valence-electron chi connectivity index (χ1n) is 9.17. The molecule has 146 valence electrons. The van der Waals surface area contributed by atoms with E-state index in [1.54, 1.807) is 18.7 Å². The van der Waals surface area contributed by atoms with Crippen molar-refractivity contribution in [3.63, 3.8) is 0 Å². The molecule has 7 heteroatoms. The molecule has 0 radical (unpaired) electrons. The van der Waals surface area contributed by atoms with Gasteiger partial charge < -0.3 is 15.2 Å². The van der Waals surface area contributed by atoms with Gasteiger partial charge >= 0.3 is 0 Å². The highest BCUT2D eigenvalue weighted by Gasteiger charge is 2.35. The fourth-order valence-corrected chi connectivity index (χ4v) is 4.36. The lowest BCUT2D eigenvalue weighted by Crippen LogP contribution is -2.43. The topological polar surface area (TPSA) is 89.4 Å². The zero-order valence-electron chi connectivity index (χ0n) is 16.5. The molecule has 0 spiro atoms. The maximum absolute atomic E-state index is 12.2. The van der Waals surface area contributed by atoms with Crippen LogP contribution in [0.4, 0.5) is 0 Å². The van der Waals surface area contributed by atoms with Gasteiger partial charge in [-0.3, -0.25) is 9.59 Å². The molecule has 6 nitrogen and oxygen atoms in total. The van der Waals surface area contributed by atoms with Crippen LogP contribution in [0, 0.1) is 5.92 Å². The van der Waals surface area contributed by atoms with Crippen LogP contribution in [-0.4, -0.2) is 45.5 Å². The van der Waals surface area contributed by atoms with Crippen LogP contribution in [0.3, 0.4) is 0 Å². The molecule has 1 aromatic heterocycles. The second-order valence-electron chi connectivity index (χ2n) is 8.49. The first-order chi connectivity index (χ1) is 12.0. The zero-order valence-corrected chi connectivity index (χ0v) is 17.3. The first-order valence-corrected chi connectivity index (χ1v) is 10.2. The number of aromatic nitrogens is 1. The van der Waals surface area contributed by atoms with E-state index in [-0.39, 0.29) is 17.2 Å². The smallest absolute Gasteiger partial charge is 0.233 e. The van der Waals surface area contributed by atoms with E-state index in [0.29, 0.717) is 12.3 Å². The Morgan fingerprint density at radius 1 is 1.38 bits per heavy atom. The first kappa shape index (κ1) is 20.8. The van der Waals surface area contributed by atoms with Gasteiger partial charge in [-0.1, -0.05) is 25.9 Å². The Balaban J connectivity index is 2.01. The van der Waals surface area contributed by atoms with Crippen LogP contribution in [0.15, 0.2) is 10.6 Å². The van der Waals surface area contributed by atoms with Gasteiger partial charge in [-0.05, 0) is 31.4 Å². The second kappa shape index (κ2) is 8.03. The number of likely N-dealkylation sites (tertiary alicyclic amines) is 1. The molecule has 2 N–H and O–H groups in total. The average Bonchev–Trinajstić information content (AvgIpc) is 3.01. The average molecular weight is 382 g/mol.